The highest BCUT2D eigenvalue weighted by Gasteiger charge is 2.08. The van der Waals surface area contributed by atoms with Gasteiger partial charge in [-0.1, -0.05) is 78.3 Å². The van der Waals surface area contributed by atoms with Crippen molar-refractivity contribution in [3.63, 3.8) is 0 Å². The summed E-state index contributed by atoms with van der Waals surface area (Å²) in [7, 11) is 2.01. The fourth-order valence-corrected chi connectivity index (χ4v) is 3.22. The molecule has 0 amide bonds. The largest absolute Gasteiger partial charge is 0.473 e. The minimum Gasteiger partial charge on any atom is -0.473 e. The topological polar surface area (TPSA) is 104 Å². The second-order valence-corrected chi connectivity index (χ2v) is 7.50. The van der Waals surface area contributed by atoms with Gasteiger partial charge in [0.2, 0.25) is 5.95 Å². The molecule has 33 heavy (non-hydrogen) atoms. The zero-order valence-corrected chi connectivity index (χ0v) is 18.5. The third kappa shape index (κ3) is 6.44. The molecule has 0 bridgehead atoms. The molecule has 0 saturated carbocycles. The Morgan fingerprint density at radius 1 is 0.848 bits per heavy atom. The lowest BCUT2D eigenvalue weighted by Crippen LogP contribution is -2.09. The third-order valence-electron chi connectivity index (χ3n) is 4.82. The van der Waals surface area contributed by atoms with Crippen molar-refractivity contribution in [3.8, 4) is 22.4 Å². The lowest BCUT2D eigenvalue weighted by Gasteiger charge is -2.09. The van der Waals surface area contributed by atoms with E-state index in [1.54, 1.807) is 0 Å². The molecule has 3 aromatic carbocycles. The van der Waals surface area contributed by atoms with Gasteiger partial charge >= 0.3 is 11.9 Å². The summed E-state index contributed by atoms with van der Waals surface area (Å²) in [5.41, 5.74) is 5.81. The molecule has 1 heterocycles. The molecule has 4 rings (SSSR count). The monoisotopic (exact) mass is 463 g/mol. The van der Waals surface area contributed by atoms with E-state index < -0.39 is 11.9 Å². The fraction of sp³-hybridized carbons (Fsp3) is 0.0800. The van der Waals surface area contributed by atoms with Crippen molar-refractivity contribution in [1.82, 2.24) is 9.55 Å². The number of hydrogen-bond donors (Lipinski definition) is 3. The van der Waals surface area contributed by atoms with Gasteiger partial charge < -0.3 is 20.1 Å². The van der Waals surface area contributed by atoms with Crippen molar-refractivity contribution in [2.75, 3.05) is 5.32 Å². The number of anilines is 1. The first-order chi connectivity index (χ1) is 15.8. The van der Waals surface area contributed by atoms with Crippen LogP contribution in [0.1, 0.15) is 5.56 Å². The van der Waals surface area contributed by atoms with E-state index in [2.05, 4.69) is 63.4 Å². The van der Waals surface area contributed by atoms with Gasteiger partial charge in [0.25, 0.3) is 0 Å². The Bertz CT molecular complexity index is 1210. The van der Waals surface area contributed by atoms with E-state index in [0.717, 1.165) is 28.8 Å². The van der Waals surface area contributed by atoms with Gasteiger partial charge in [0.1, 0.15) is 0 Å². The molecule has 1 aromatic heterocycles. The van der Waals surface area contributed by atoms with Crippen LogP contribution in [0.3, 0.4) is 0 Å². The Labute approximate surface area is 195 Å². The van der Waals surface area contributed by atoms with Crippen LogP contribution in [0.25, 0.3) is 22.4 Å². The minimum atomic E-state index is -1.82. The van der Waals surface area contributed by atoms with Gasteiger partial charge in [0.05, 0.1) is 11.9 Å². The number of benzene rings is 3. The van der Waals surface area contributed by atoms with E-state index in [0.29, 0.717) is 0 Å². The van der Waals surface area contributed by atoms with Crippen LogP contribution in [0, 0.1) is 0 Å². The van der Waals surface area contributed by atoms with Gasteiger partial charge in [-0.3, -0.25) is 0 Å². The van der Waals surface area contributed by atoms with Crippen molar-refractivity contribution in [1.29, 1.82) is 0 Å². The van der Waals surface area contributed by atoms with Crippen LogP contribution in [0.2, 0.25) is 5.02 Å². The second-order valence-electron chi connectivity index (χ2n) is 7.06. The van der Waals surface area contributed by atoms with E-state index in [1.807, 2.05) is 43.6 Å². The number of halogens is 1. The quantitative estimate of drug-likeness (QED) is 0.352. The van der Waals surface area contributed by atoms with Crippen molar-refractivity contribution >= 4 is 29.5 Å². The zero-order valence-electron chi connectivity index (χ0n) is 17.8. The number of aromatic nitrogens is 2. The number of carbonyl (C=O) groups is 2. The molecule has 8 heteroatoms. The molecular weight excluding hydrogens is 442 g/mol. The van der Waals surface area contributed by atoms with E-state index in [9.17, 15) is 0 Å². The summed E-state index contributed by atoms with van der Waals surface area (Å²) in [4.78, 5) is 22.7. The third-order valence-corrected chi connectivity index (χ3v) is 5.07. The molecule has 0 fully saturated rings. The molecule has 0 aliphatic rings. The Morgan fingerprint density at radius 2 is 1.39 bits per heavy atom. The molecule has 7 nitrogen and oxygen atoms in total. The van der Waals surface area contributed by atoms with Crippen molar-refractivity contribution < 1.29 is 19.8 Å². The highest BCUT2D eigenvalue weighted by atomic mass is 35.5. The van der Waals surface area contributed by atoms with Crippen LogP contribution in [-0.4, -0.2) is 31.7 Å². The molecule has 0 saturated heterocycles. The summed E-state index contributed by atoms with van der Waals surface area (Å²) in [5, 5.41) is 18.9. The van der Waals surface area contributed by atoms with Gasteiger partial charge in [-0.15, -0.1) is 0 Å². The summed E-state index contributed by atoms with van der Waals surface area (Å²) in [6.07, 6.45) is 1.88. The molecule has 4 aromatic rings. The standard InChI is InChI=1S/C23H20ClN3.C2H2O4/c1-27-22(20-11-13-21(24)14-12-20)16-26-23(27)25-15-17-7-9-19(10-8-17)18-5-3-2-4-6-18;3-1(4)2(5)6/h2-14,16H,15H2,1H3,(H,25,26);(H,3,4)(H,5,6). The minimum absolute atomic E-state index is 0.722. The summed E-state index contributed by atoms with van der Waals surface area (Å²) >= 11 is 5.98. The van der Waals surface area contributed by atoms with Gasteiger partial charge in [-0.25, -0.2) is 14.6 Å². The molecule has 0 aliphatic carbocycles. The first-order valence-electron chi connectivity index (χ1n) is 9.97. The van der Waals surface area contributed by atoms with Crippen molar-refractivity contribution in [2.24, 2.45) is 7.05 Å². The molecule has 0 atom stereocenters. The fourth-order valence-electron chi connectivity index (χ4n) is 3.09. The predicted molar refractivity (Wildman–Crippen MR) is 128 cm³/mol. The molecule has 168 valence electrons. The average Bonchev–Trinajstić information content (AvgIpc) is 3.19. The number of carboxylic acids is 2. The molecule has 0 radical (unpaired) electrons. The summed E-state index contributed by atoms with van der Waals surface area (Å²) in [6, 6.07) is 26.8. The van der Waals surface area contributed by atoms with Gasteiger partial charge in [-0.05, 0) is 34.4 Å². The van der Waals surface area contributed by atoms with E-state index in [1.165, 1.54) is 16.7 Å². The second kappa shape index (κ2) is 11.0. The number of rotatable bonds is 5. The number of nitrogens with one attached hydrogen (secondary N) is 1. The highest BCUT2D eigenvalue weighted by molar-refractivity contribution is 6.30. The first kappa shape index (κ1) is 23.6. The van der Waals surface area contributed by atoms with Crippen LogP contribution in [-0.2, 0) is 23.2 Å². The lowest BCUT2D eigenvalue weighted by molar-refractivity contribution is -0.159. The normalized spacial score (nSPS) is 10.1. The first-order valence-corrected chi connectivity index (χ1v) is 10.3. The van der Waals surface area contributed by atoms with Gasteiger partial charge in [0, 0.05) is 18.6 Å². The maximum absolute atomic E-state index is 9.10. The highest BCUT2D eigenvalue weighted by Crippen LogP contribution is 2.24. The number of nitrogens with zero attached hydrogens (tertiary/aromatic N) is 2. The average molecular weight is 464 g/mol. The maximum atomic E-state index is 9.10. The van der Waals surface area contributed by atoms with E-state index in [4.69, 9.17) is 31.4 Å². The van der Waals surface area contributed by atoms with Crippen LogP contribution in [0.5, 0.6) is 0 Å². The molecular formula is C25H22ClN3O4. The Balaban J connectivity index is 0.000000454. The van der Waals surface area contributed by atoms with Crippen LogP contribution >= 0.6 is 11.6 Å². The van der Waals surface area contributed by atoms with Crippen LogP contribution in [0.4, 0.5) is 5.95 Å². The lowest BCUT2D eigenvalue weighted by atomic mass is 10.0. The Hall–Kier alpha value is -4.10. The van der Waals surface area contributed by atoms with Crippen molar-refractivity contribution in [3.05, 3.63) is 95.6 Å². The van der Waals surface area contributed by atoms with E-state index in [-0.39, 0.29) is 0 Å². The van der Waals surface area contributed by atoms with Gasteiger partial charge in [0.15, 0.2) is 0 Å². The summed E-state index contributed by atoms with van der Waals surface area (Å²) in [6.45, 7) is 0.722. The number of aliphatic carboxylic acids is 2. The SMILES string of the molecule is Cn1c(-c2ccc(Cl)cc2)cnc1NCc1ccc(-c2ccccc2)cc1.O=C(O)C(=O)O. The molecule has 3 N–H and O–H groups in total. The molecule has 0 unspecified atom stereocenters. The summed E-state index contributed by atoms with van der Waals surface area (Å²) < 4.78 is 2.06. The van der Waals surface area contributed by atoms with Gasteiger partial charge in [-0.2, -0.15) is 0 Å². The molecule has 0 aliphatic heterocycles. The Morgan fingerprint density at radius 3 is 1.97 bits per heavy atom. The van der Waals surface area contributed by atoms with E-state index >= 15 is 0 Å². The maximum Gasteiger partial charge on any atom is 0.414 e. The molecule has 0 spiro atoms. The predicted octanol–water partition coefficient (Wildman–Crippen LogP) is 5.18. The van der Waals surface area contributed by atoms with Crippen LogP contribution < -0.4 is 5.32 Å². The smallest absolute Gasteiger partial charge is 0.414 e. The van der Waals surface area contributed by atoms with Crippen LogP contribution in [0.15, 0.2) is 85.1 Å². The van der Waals surface area contributed by atoms with Crippen molar-refractivity contribution in [2.45, 2.75) is 6.54 Å². The number of imidazole rings is 1. The zero-order chi connectivity index (χ0) is 23.8. The number of hydrogen-bond acceptors (Lipinski definition) is 4. The number of carboxylic acid groups (broad SMARTS) is 2. The Kier molecular flexibility index (Phi) is 7.83. The summed E-state index contributed by atoms with van der Waals surface area (Å²) in [5.74, 6) is -2.81.